The van der Waals surface area contributed by atoms with Gasteiger partial charge in [-0.1, -0.05) is 11.3 Å². The number of nitrogens with zero attached hydrogens (tertiary/aromatic N) is 7. The molecule has 0 unspecified atom stereocenters. The van der Waals surface area contributed by atoms with Crippen LogP contribution in [0.1, 0.15) is 12.8 Å². The first-order valence-corrected chi connectivity index (χ1v) is 14.6. The molecule has 0 radical (unpaired) electrons. The number of ether oxygens (including phenoxy) is 1. The third-order valence-electron chi connectivity index (χ3n) is 7.72. The quantitative estimate of drug-likeness (QED) is 0.296. The third kappa shape index (κ3) is 5.02. The lowest BCUT2D eigenvalue weighted by atomic mass is 10.1. The Hall–Kier alpha value is -4.01. The van der Waals surface area contributed by atoms with Gasteiger partial charge in [0.2, 0.25) is 11.8 Å². The maximum atomic E-state index is 15.0. The number of aromatic nitrogens is 5. The van der Waals surface area contributed by atoms with Gasteiger partial charge in [0.25, 0.3) is 0 Å². The highest BCUT2D eigenvalue weighted by Crippen LogP contribution is 2.28. The van der Waals surface area contributed by atoms with Crippen LogP contribution in [0, 0.1) is 5.82 Å². The van der Waals surface area contributed by atoms with Gasteiger partial charge in [-0.25, -0.2) is 9.37 Å². The summed E-state index contributed by atoms with van der Waals surface area (Å²) in [7, 11) is 0. The molecule has 214 valence electrons. The molecule has 2 aliphatic heterocycles. The second kappa shape index (κ2) is 10.8. The average Bonchev–Trinajstić information content (AvgIpc) is 3.73. The first-order chi connectivity index (χ1) is 20.0. The van der Waals surface area contributed by atoms with Crippen LogP contribution < -0.4 is 25.6 Å². The predicted octanol–water partition coefficient (Wildman–Crippen LogP) is 2.43. The van der Waals surface area contributed by atoms with Crippen molar-refractivity contribution in [2.24, 2.45) is 0 Å². The summed E-state index contributed by atoms with van der Waals surface area (Å²) in [6.07, 6.45) is 3.54. The number of nitrogens with one attached hydrogen (secondary N) is 1. The highest BCUT2D eigenvalue weighted by atomic mass is 32.1. The van der Waals surface area contributed by atoms with E-state index in [-0.39, 0.29) is 22.7 Å². The van der Waals surface area contributed by atoms with Gasteiger partial charge in [-0.15, -0.1) is 5.10 Å². The fourth-order valence-corrected chi connectivity index (χ4v) is 6.45. The van der Waals surface area contributed by atoms with Crippen LogP contribution in [0.5, 0.6) is 5.75 Å². The third-order valence-corrected chi connectivity index (χ3v) is 8.68. The van der Waals surface area contributed by atoms with E-state index < -0.39 is 0 Å². The number of piperazine rings is 1. The van der Waals surface area contributed by atoms with Crippen molar-refractivity contribution in [1.29, 1.82) is 0 Å². The highest BCUT2D eigenvalue weighted by molar-refractivity contribution is 7.17. The van der Waals surface area contributed by atoms with Gasteiger partial charge >= 0.3 is 4.87 Å². The molecule has 1 aromatic carbocycles. The largest absolute Gasteiger partial charge is 0.490 e. The number of nitrogen functional groups attached to an aromatic ring is 1. The Balaban J connectivity index is 1.01. The molecule has 0 saturated carbocycles. The van der Waals surface area contributed by atoms with Gasteiger partial charge in [-0.05, 0) is 50.2 Å². The second-order valence-corrected chi connectivity index (χ2v) is 11.3. The van der Waals surface area contributed by atoms with Crippen LogP contribution in [0.25, 0.3) is 27.6 Å². The molecule has 0 bridgehead atoms. The predicted molar refractivity (Wildman–Crippen MR) is 154 cm³/mol. The van der Waals surface area contributed by atoms with E-state index in [0.29, 0.717) is 65.2 Å². The molecule has 0 spiro atoms. The number of furan rings is 1. The van der Waals surface area contributed by atoms with E-state index in [4.69, 9.17) is 14.9 Å². The minimum atomic E-state index is -0.264. The van der Waals surface area contributed by atoms with Crippen LogP contribution in [0.3, 0.4) is 0 Å². The van der Waals surface area contributed by atoms with E-state index in [1.54, 1.807) is 23.0 Å². The fraction of sp³-hybridized carbons (Fsp3) is 0.407. The van der Waals surface area contributed by atoms with E-state index in [1.807, 2.05) is 12.1 Å². The number of nitrogens with two attached hydrogens (primary N) is 1. The van der Waals surface area contributed by atoms with Gasteiger partial charge in [0.15, 0.2) is 17.1 Å². The van der Waals surface area contributed by atoms with Crippen LogP contribution >= 0.6 is 11.3 Å². The van der Waals surface area contributed by atoms with Gasteiger partial charge in [0.05, 0.1) is 12.0 Å². The first kappa shape index (κ1) is 25.9. The van der Waals surface area contributed by atoms with Gasteiger partial charge in [0, 0.05) is 45.3 Å². The van der Waals surface area contributed by atoms with E-state index in [2.05, 4.69) is 30.2 Å². The molecule has 7 rings (SSSR count). The number of thiazole rings is 1. The monoisotopic (exact) mass is 579 g/mol. The van der Waals surface area contributed by atoms with Crippen molar-refractivity contribution >= 4 is 39.0 Å². The average molecular weight is 580 g/mol. The van der Waals surface area contributed by atoms with Gasteiger partial charge in [0.1, 0.15) is 22.4 Å². The van der Waals surface area contributed by atoms with Crippen LogP contribution in [0.4, 0.5) is 16.0 Å². The minimum Gasteiger partial charge on any atom is -0.490 e. The summed E-state index contributed by atoms with van der Waals surface area (Å²) in [4.78, 5) is 26.2. The van der Waals surface area contributed by atoms with Crippen molar-refractivity contribution in [2.45, 2.75) is 25.5 Å². The molecule has 0 aliphatic carbocycles. The van der Waals surface area contributed by atoms with Crippen molar-refractivity contribution in [1.82, 2.24) is 34.4 Å². The molecule has 4 aromatic heterocycles. The number of hydrogen-bond donors (Lipinski definition) is 2. The van der Waals surface area contributed by atoms with Crippen molar-refractivity contribution in [3.05, 3.63) is 52.1 Å². The zero-order valence-electron chi connectivity index (χ0n) is 22.3. The highest BCUT2D eigenvalue weighted by Gasteiger charge is 2.23. The standard InChI is InChI=1S/C27H30FN9O3S/c28-19-16-18(40-17-5-7-30-8-6-17)3-4-20(19)35-12-9-34(10-13-35)11-14-36-24-22(41-27(36)38)25-31-23(21-2-1-15-39-21)33-37(25)26(29)32-24/h1-4,15-17,30H,5-14H2,(H2,29,32). The van der Waals surface area contributed by atoms with Gasteiger partial charge in [-0.2, -0.15) is 9.50 Å². The Kier molecular flexibility index (Phi) is 6.80. The van der Waals surface area contributed by atoms with E-state index in [0.717, 1.165) is 50.4 Å². The first-order valence-electron chi connectivity index (χ1n) is 13.8. The lowest BCUT2D eigenvalue weighted by Crippen LogP contribution is -2.47. The zero-order chi connectivity index (χ0) is 27.9. The maximum absolute atomic E-state index is 15.0. The molecular weight excluding hydrogens is 549 g/mol. The number of rotatable bonds is 7. The number of benzene rings is 1. The molecule has 3 N–H and O–H groups in total. The molecule has 2 fully saturated rings. The Morgan fingerprint density at radius 1 is 1.10 bits per heavy atom. The smallest absolute Gasteiger partial charge is 0.309 e. The van der Waals surface area contributed by atoms with E-state index in [1.165, 1.54) is 10.6 Å². The van der Waals surface area contributed by atoms with E-state index in [9.17, 15) is 4.79 Å². The van der Waals surface area contributed by atoms with Crippen LogP contribution in [-0.4, -0.2) is 81.0 Å². The molecular formula is C27H30FN9O3S. The number of hydrogen-bond acceptors (Lipinski definition) is 11. The Labute approximate surface area is 238 Å². The second-order valence-electron chi connectivity index (χ2n) is 10.3. The van der Waals surface area contributed by atoms with E-state index >= 15 is 4.39 Å². The SMILES string of the molecule is Nc1nc2c(sc(=O)n2CCN2CCN(c3ccc(OC4CCNCC4)cc3F)CC2)c2nc(-c3ccco3)nn12. The molecule has 6 heterocycles. The summed E-state index contributed by atoms with van der Waals surface area (Å²) in [6.45, 7) is 5.84. The Morgan fingerprint density at radius 2 is 1.93 bits per heavy atom. The van der Waals surface area contributed by atoms with Crippen molar-refractivity contribution in [3.8, 4) is 17.3 Å². The molecule has 2 saturated heterocycles. The lowest BCUT2D eigenvalue weighted by molar-refractivity contribution is 0.162. The van der Waals surface area contributed by atoms with Crippen LogP contribution in [-0.2, 0) is 6.54 Å². The van der Waals surface area contributed by atoms with Gasteiger partial charge < -0.3 is 25.1 Å². The molecule has 0 atom stereocenters. The molecule has 5 aromatic rings. The molecule has 2 aliphatic rings. The van der Waals surface area contributed by atoms with Crippen molar-refractivity contribution in [3.63, 3.8) is 0 Å². The summed E-state index contributed by atoms with van der Waals surface area (Å²) < 4.78 is 30.1. The number of fused-ring (bicyclic) bond motifs is 3. The summed E-state index contributed by atoms with van der Waals surface area (Å²) in [6, 6.07) is 8.70. The Morgan fingerprint density at radius 3 is 2.68 bits per heavy atom. The molecule has 14 heteroatoms. The lowest BCUT2D eigenvalue weighted by Gasteiger charge is -2.36. The number of anilines is 2. The Bertz CT molecular complexity index is 1730. The minimum absolute atomic E-state index is 0.130. The van der Waals surface area contributed by atoms with Crippen molar-refractivity contribution in [2.75, 3.05) is 56.4 Å². The topological polar surface area (TPSA) is 132 Å². The summed E-state index contributed by atoms with van der Waals surface area (Å²) >= 11 is 1.08. The normalized spacial score (nSPS) is 17.1. The van der Waals surface area contributed by atoms with Crippen molar-refractivity contribution < 1.29 is 13.5 Å². The number of piperidine rings is 1. The number of halogens is 1. The summed E-state index contributed by atoms with van der Waals surface area (Å²) in [5.41, 5.74) is 7.76. The van der Waals surface area contributed by atoms with Crippen LogP contribution in [0.2, 0.25) is 0 Å². The summed E-state index contributed by atoms with van der Waals surface area (Å²) in [5.74, 6) is 1.35. The maximum Gasteiger partial charge on any atom is 0.309 e. The van der Waals surface area contributed by atoms with Gasteiger partial charge in [-0.3, -0.25) is 14.3 Å². The molecule has 12 nitrogen and oxygen atoms in total. The fourth-order valence-electron chi connectivity index (χ4n) is 5.51. The van der Waals surface area contributed by atoms with Crippen LogP contribution in [0.15, 0.2) is 45.8 Å². The zero-order valence-corrected chi connectivity index (χ0v) is 23.1. The summed E-state index contributed by atoms with van der Waals surface area (Å²) in [5, 5.41) is 7.71. The molecule has 0 amide bonds. The molecule has 41 heavy (non-hydrogen) atoms.